The predicted octanol–water partition coefficient (Wildman–Crippen LogP) is 0.433. The van der Waals surface area contributed by atoms with E-state index < -0.39 is 5.97 Å². The van der Waals surface area contributed by atoms with Crippen LogP contribution in [0.25, 0.3) is 0 Å². The highest BCUT2D eigenvalue weighted by Gasteiger charge is 1.65. The number of isocyanates is 1. The van der Waals surface area contributed by atoms with Gasteiger partial charge >= 0.3 is 0 Å². The molecule has 4 heteroatoms. The van der Waals surface area contributed by atoms with E-state index >= 15 is 0 Å². The van der Waals surface area contributed by atoms with Gasteiger partial charge in [0.05, 0.1) is 0 Å². The highest BCUT2D eigenvalue weighted by Crippen LogP contribution is 1.52. The fraction of sp³-hybridized carbons (Fsp3) is 0.600. The third kappa shape index (κ3) is 223. The van der Waals surface area contributed by atoms with E-state index in [0.29, 0.717) is 6.54 Å². The molecular weight excluding hydrogens is 122 g/mol. The highest BCUT2D eigenvalue weighted by molar-refractivity contribution is 5.62. The van der Waals surface area contributed by atoms with Gasteiger partial charge in [0.25, 0.3) is 5.97 Å². The molecule has 0 amide bonds. The van der Waals surface area contributed by atoms with E-state index in [1.54, 1.807) is 6.92 Å². The maximum absolute atomic E-state index is 9.11. The Kier molecular flexibility index (Phi) is 11.9. The molecule has 0 aliphatic rings. The smallest absolute Gasteiger partial charge is 0.300 e. The van der Waals surface area contributed by atoms with Gasteiger partial charge in [-0.1, -0.05) is 0 Å². The van der Waals surface area contributed by atoms with E-state index in [1.165, 1.54) is 6.08 Å². The summed E-state index contributed by atoms with van der Waals surface area (Å²) in [6.07, 6.45) is 1.39. The molecular formula is C5H9NO3. The number of carbonyl (C=O) groups excluding carboxylic acids is 1. The minimum atomic E-state index is -0.833. The third-order valence-electron chi connectivity index (χ3n) is 0.223. The molecule has 1 N–H and O–H groups in total. The molecule has 9 heavy (non-hydrogen) atoms. The van der Waals surface area contributed by atoms with E-state index in [-0.39, 0.29) is 0 Å². The van der Waals surface area contributed by atoms with Crippen molar-refractivity contribution >= 4 is 12.0 Å². The molecule has 0 aromatic carbocycles. The quantitative estimate of drug-likeness (QED) is 0.414. The van der Waals surface area contributed by atoms with Gasteiger partial charge < -0.3 is 5.11 Å². The summed E-state index contributed by atoms with van der Waals surface area (Å²) in [6.45, 7) is 3.41. The van der Waals surface area contributed by atoms with Crippen LogP contribution >= 0.6 is 0 Å². The van der Waals surface area contributed by atoms with Crippen molar-refractivity contribution in [2.45, 2.75) is 13.8 Å². The minimum absolute atomic E-state index is 0.545. The fourth-order valence-electron chi connectivity index (χ4n) is 0.0645. The Bertz CT molecular complexity index is 111. The van der Waals surface area contributed by atoms with Crippen LogP contribution in [0.15, 0.2) is 4.99 Å². The van der Waals surface area contributed by atoms with E-state index in [9.17, 15) is 0 Å². The molecule has 0 atom stereocenters. The maximum atomic E-state index is 9.11. The zero-order chi connectivity index (χ0) is 7.70. The van der Waals surface area contributed by atoms with Crippen LogP contribution in [-0.4, -0.2) is 23.7 Å². The summed E-state index contributed by atoms with van der Waals surface area (Å²) in [5, 5.41) is 7.42. The normalized spacial score (nSPS) is 6.00. The number of aliphatic carboxylic acids is 1. The van der Waals surface area contributed by atoms with Crippen molar-refractivity contribution in [3.63, 3.8) is 0 Å². The minimum Gasteiger partial charge on any atom is -0.481 e. The second kappa shape index (κ2) is 9.97. The molecule has 0 heterocycles. The SMILES string of the molecule is CC(=O)O.CCN=C=O. The summed E-state index contributed by atoms with van der Waals surface area (Å²) in [6, 6.07) is 0. The molecule has 0 bridgehead atoms. The van der Waals surface area contributed by atoms with Crippen LogP contribution in [0.5, 0.6) is 0 Å². The van der Waals surface area contributed by atoms with Crippen molar-refractivity contribution in [2.75, 3.05) is 6.54 Å². The molecule has 0 radical (unpaired) electrons. The summed E-state index contributed by atoms with van der Waals surface area (Å²) < 4.78 is 0. The first-order valence-corrected chi connectivity index (χ1v) is 2.38. The number of carboxylic acids is 1. The second-order valence-electron chi connectivity index (χ2n) is 1.08. The van der Waals surface area contributed by atoms with Crippen molar-refractivity contribution in [2.24, 2.45) is 4.99 Å². The lowest BCUT2D eigenvalue weighted by Gasteiger charge is -1.59. The Labute approximate surface area is 53.2 Å². The lowest BCUT2D eigenvalue weighted by atomic mass is 10.8. The number of carbonyl (C=O) groups is 1. The van der Waals surface area contributed by atoms with Crippen LogP contribution in [0, 0.1) is 0 Å². The van der Waals surface area contributed by atoms with Gasteiger partial charge in [0, 0.05) is 13.5 Å². The van der Waals surface area contributed by atoms with Gasteiger partial charge in [0.15, 0.2) is 0 Å². The first kappa shape index (κ1) is 10.8. The van der Waals surface area contributed by atoms with E-state index in [2.05, 4.69) is 4.99 Å². The molecule has 4 nitrogen and oxygen atoms in total. The lowest BCUT2D eigenvalue weighted by molar-refractivity contribution is -0.134. The number of rotatable bonds is 1. The zero-order valence-electron chi connectivity index (χ0n) is 5.42. The summed E-state index contributed by atoms with van der Waals surface area (Å²) in [5.41, 5.74) is 0. The average Bonchev–Trinajstić information content (AvgIpc) is 1.66. The summed E-state index contributed by atoms with van der Waals surface area (Å²) in [5.74, 6) is -0.833. The monoisotopic (exact) mass is 131 g/mol. The third-order valence-corrected chi connectivity index (χ3v) is 0.223. The maximum Gasteiger partial charge on any atom is 0.300 e. The molecule has 52 valence electrons. The Morgan fingerprint density at radius 3 is 2.11 bits per heavy atom. The first-order chi connectivity index (χ1) is 4.15. The number of hydrogen-bond acceptors (Lipinski definition) is 3. The molecule has 0 fully saturated rings. The van der Waals surface area contributed by atoms with Crippen LogP contribution in [0.1, 0.15) is 13.8 Å². The molecule has 0 saturated carbocycles. The van der Waals surface area contributed by atoms with Crippen molar-refractivity contribution in [1.29, 1.82) is 0 Å². The van der Waals surface area contributed by atoms with Gasteiger partial charge in [0.1, 0.15) is 0 Å². The van der Waals surface area contributed by atoms with Gasteiger partial charge in [-0.05, 0) is 6.92 Å². The molecule has 0 aliphatic heterocycles. The van der Waals surface area contributed by atoms with Crippen molar-refractivity contribution in [3.05, 3.63) is 0 Å². The Morgan fingerprint density at radius 1 is 1.78 bits per heavy atom. The van der Waals surface area contributed by atoms with Crippen molar-refractivity contribution in [1.82, 2.24) is 0 Å². The van der Waals surface area contributed by atoms with Crippen LogP contribution < -0.4 is 0 Å². The van der Waals surface area contributed by atoms with E-state index in [4.69, 9.17) is 14.7 Å². The molecule has 0 spiro atoms. The van der Waals surface area contributed by atoms with Crippen molar-refractivity contribution < 1.29 is 14.7 Å². The number of aliphatic imine (C=N–C) groups is 1. The van der Waals surface area contributed by atoms with Crippen molar-refractivity contribution in [3.8, 4) is 0 Å². The van der Waals surface area contributed by atoms with Gasteiger partial charge in [-0.3, -0.25) is 4.79 Å². The van der Waals surface area contributed by atoms with Crippen LogP contribution in [0.2, 0.25) is 0 Å². The van der Waals surface area contributed by atoms with E-state index in [0.717, 1.165) is 6.92 Å². The van der Waals surface area contributed by atoms with Gasteiger partial charge in [-0.15, -0.1) is 0 Å². The Balaban J connectivity index is 0. The summed E-state index contributed by atoms with van der Waals surface area (Å²) in [4.78, 5) is 21.3. The molecule has 0 saturated heterocycles. The van der Waals surface area contributed by atoms with E-state index in [1.807, 2.05) is 0 Å². The summed E-state index contributed by atoms with van der Waals surface area (Å²) in [7, 11) is 0. The topological polar surface area (TPSA) is 66.7 Å². The van der Waals surface area contributed by atoms with Gasteiger partial charge in [-0.25, -0.2) is 9.79 Å². The van der Waals surface area contributed by atoms with Crippen LogP contribution in [0.3, 0.4) is 0 Å². The molecule has 0 aromatic rings. The standard InChI is InChI=1S/C3H5NO.C2H4O2/c1-2-4-3-5;1-2(3)4/h2H2,1H3;1H3,(H,3,4). The molecule has 0 unspecified atom stereocenters. The molecule has 0 aliphatic carbocycles. The largest absolute Gasteiger partial charge is 0.481 e. The zero-order valence-corrected chi connectivity index (χ0v) is 5.42. The molecule has 0 rings (SSSR count). The average molecular weight is 131 g/mol. The first-order valence-electron chi connectivity index (χ1n) is 2.38. The van der Waals surface area contributed by atoms with Gasteiger partial charge in [0.2, 0.25) is 6.08 Å². The molecule has 0 aromatic heterocycles. The second-order valence-corrected chi connectivity index (χ2v) is 1.08. The van der Waals surface area contributed by atoms with Gasteiger partial charge in [-0.2, -0.15) is 0 Å². The lowest BCUT2D eigenvalue weighted by Crippen LogP contribution is -1.78. The summed E-state index contributed by atoms with van der Waals surface area (Å²) >= 11 is 0. The van der Waals surface area contributed by atoms with Crippen LogP contribution in [0.4, 0.5) is 0 Å². The Hall–Kier alpha value is -1.15. The number of nitrogens with zero attached hydrogens (tertiary/aromatic N) is 1. The fourth-order valence-corrected chi connectivity index (χ4v) is 0.0645. The Morgan fingerprint density at radius 2 is 2.11 bits per heavy atom. The van der Waals surface area contributed by atoms with Crippen LogP contribution in [-0.2, 0) is 9.59 Å². The number of carboxylic acid groups (broad SMARTS) is 1. The number of hydrogen-bond donors (Lipinski definition) is 1. The highest BCUT2D eigenvalue weighted by atomic mass is 16.4. The predicted molar refractivity (Wildman–Crippen MR) is 32.0 cm³/mol.